The van der Waals surface area contributed by atoms with Crippen molar-refractivity contribution in [1.29, 1.82) is 0 Å². The van der Waals surface area contributed by atoms with Crippen molar-refractivity contribution in [3.05, 3.63) is 24.2 Å². The van der Waals surface area contributed by atoms with Gasteiger partial charge < -0.3 is 34.0 Å². The number of nitrogens with one attached hydrogen (secondary N) is 2. The molecule has 1 aromatic heterocycles. The van der Waals surface area contributed by atoms with Crippen molar-refractivity contribution in [2.24, 2.45) is 4.99 Å². The summed E-state index contributed by atoms with van der Waals surface area (Å²) in [6.45, 7) is 4.53. The molecule has 8 nitrogen and oxygen atoms in total. The van der Waals surface area contributed by atoms with Crippen molar-refractivity contribution in [3.63, 3.8) is 0 Å². The number of hydrogen-bond donors (Lipinski definition) is 2. The zero-order valence-corrected chi connectivity index (χ0v) is 18.1. The van der Waals surface area contributed by atoms with E-state index in [0.29, 0.717) is 39.5 Å². The molecular weight excluding hydrogens is 465 g/mol. The molecule has 2 saturated heterocycles. The van der Waals surface area contributed by atoms with Crippen LogP contribution in [0.25, 0.3) is 0 Å². The average molecular weight is 495 g/mol. The molecule has 1 spiro atoms. The maximum atomic E-state index is 6.12. The van der Waals surface area contributed by atoms with Gasteiger partial charge in [0.2, 0.25) is 0 Å². The molecule has 0 bridgehead atoms. The number of rotatable bonds is 8. The molecule has 2 aliphatic rings. The quantitative estimate of drug-likeness (QED) is 0.245. The summed E-state index contributed by atoms with van der Waals surface area (Å²) in [7, 11) is 1.68. The van der Waals surface area contributed by atoms with Crippen LogP contribution in [0.2, 0.25) is 0 Å². The second-order valence-electron chi connectivity index (χ2n) is 6.44. The Morgan fingerprint density at radius 3 is 2.85 bits per heavy atom. The molecule has 0 amide bonds. The second kappa shape index (κ2) is 11.8. The van der Waals surface area contributed by atoms with E-state index >= 15 is 0 Å². The molecule has 154 valence electrons. The van der Waals surface area contributed by atoms with Crippen molar-refractivity contribution in [2.75, 3.05) is 53.2 Å². The Morgan fingerprint density at radius 1 is 1.30 bits per heavy atom. The van der Waals surface area contributed by atoms with E-state index in [1.165, 1.54) is 0 Å². The first kappa shape index (κ1) is 22.4. The molecule has 1 atom stereocenters. The summed E-state index contributed by atoms with van der Waals surface area (Å²) in [5, 5.41) is 6.58. The lowest BCUT2D eigenvalue weighted by molar-refractivity contribution is -0.210. The number of halogens is 1. The standard InChI is InChI=1S/C18H29N3O5.HI/c1-22-12-8-20-17(19-7-4-15-3-2-9-24-15)21-13-16-14-25-18(26-16)5-10-23-11-6-18;/h2-3,9,16H,4-8,10-14H2,1H3,(H2,19,20,21);1H. The van der Waals surface area contributed by atoms with Crippen LogP contribution in [0.15, 0.2) is 27.8 Å². The highest BCUT2D eigenvalue weighted by molar-refractivity contribution is 14.0. The lowest BCUT2D eigenvalue weighted by atomic mass is 10.1. The van der Waals surface area contributed by atoms with Crippen molar-refractivity contribution in [2.45, 2.75) is 31.2 Å². The van der Waals surface area contributed by atoms with E-state index in [-0.39, 0.29) is 30.1 Å². The molecule has 2 aliphatic heterocycles. The molecule has 1 aromatic rings. The van der Waals surface area contributed by atoms with Crippen LogP contribution in [-0.2, 0) is 25.4 Å². The van der Waals surface area contributed by atoms with E-state index in [0.717, 1.165) is 37.5 Å². The summed E-state index contributed by atoms with van der Waals surface area (Å²) in [4.78, 5) is 4.65. The zero-order chi connectivity index (χ0) is 18.1. The van der Waals surface area contributed by atoms with Crippen LogP contribution in [0.5, 0.6) is 0 Å². The Balaban J connectivity index is 0.00000261. The summed E-state index contributed by atoms with van der Waals surface area (Å²) < 4.78 is 27.9. The summed E-state index contributed by atoms with van der Waals surface area (Å²) in [6, 6.07) is 3.86. The van der Waals surface area contributed by atoms with Gasteiger partial charge in [0.1, 0.15) is 11.9 Å². The summed E-state index contributed by atoms with van der Waals surface area (Å²) in [6.07, 6.45) is 4.02. The van der Waals surface area contributed by atoms with Gasteiger partial charge in [0.05, 0.1) is 39.2 Å². The molecule has 0 saturated carbocycles. The topological polar surface area (TPSA) is 86.5 Å². The van der Waals surface area contributed by atoms with Crippen molar-refractivity contribution < 1.29 is 23.4 Å². The molecular formula is C18H30IN3O5. The maximum absolute atomic E-state index is 6.12. The van der Waals surface area contributed by atoms with Gasteiger partial charge in [-0.1, -0.05) is 0 Å². The minimum absolute atomic E-state index is 0. The Kier molecular flexibility index (Phi) is 9.83. The van der Waals surface area contributed by atoms with Crippen LogP contribution in [0.3, 0.4) is 0 Å². The molecule has 1 unspecified atom stereocenters. The van der Waals surface area contributed by atoms with Crippen LogP contribution in [0.4, 0.5) is 0 Å². The molecule has 0 aliphatic carbocycles. The van der Waals surface area contributed by atoms with Gasteiger partial charge in [-0.25, -0.2) is 0 Å². The van der Waals surface area contributed by atoms with Gasteiger partial charge in [-0.15, -0.1) is 24.0 Å². The maximum Gasteiger partial charge on any atom is 0.191 e. The highest BCUT2D eigenvalue weighted by Crippen LogP contribution is 2.33. The van der Waals surface area contributed by atoms with E-state index in [1.807, 2.05) is 12.1 Å². The SMILES string of the molecule is COCCNC(=NCC1COC2(CCOCC2)O1)NCCc1ccco1.I. The van der Waals surface area contributed by atoms with Crippen molar-refractivity contribution in [3.8, 4) is 0 Å². The van der Waals surface area contributed by atoms with E-state index in [1.54, 1.807) is 13.4 Å². The Hall–Kier alpha value is -0.880. The minimum Gasteiger partial charge on any atom is -0.469 e. The predicted molar refractivity (Wildman–Crippen MR) is 112 cm³/mol. The third kappa shape index (κ3) is 7.22. The molecule has 9 heteroatoms. The highest BCUT2D eigenvalue weighted by Gasteiger charge is 2.42. The third-order valence-electron chi connectivity index (χ3n) is 4.46. The fraction of sp³-hybridized carbons (Fsp3) is 0.722. The van der Waals surface area contributed by atoms with Crippen molar-refractivity contribution in [1.82, 2.24) is 10.6 Å². The number of nitrogens with zero attached hydrogens (tertiary/aromatic N) is 1. The minimum atomic E-state index is -0.463. The van der Waals surface area contributed by atoms with Gasteiger partial charge in [-0.3, -0.25) is 4.99 Å². The van der Waals surface area contributed by atoms with E-state index < -0.39 is 5.79 Å². The molecule has 0 radical (unpaired) electrons. The van der Waals surface area contributed by atoms with Gasteiger partial charge in [-0.2, -0.15) is 0 Å². The van der Waals surface area contributed by atoms with Gasteiger partial charge in [-0.05, 0) is 12.1 Å². The first-order valence-electron chi connectivity index (χ1n) is 9.23. The summed E-state index contributed by atoms with van der Waals surface area (Å²) in [5.41, 5.74) is 0. The largest absolute Gasteiger partial charge is 0.469 e. The molecule has 0 aromatic carbocycles. The van der Waals surface area contributed by atoms with Gasteiger partial charge >= 0.3 is 0 Å². The molecule has 3 rings (SSSR count). The Bertz CT molecular complexity index is 549. The number of methoxy groups -OCH3 is 1. The number of guanidine groups is 1. The van der Waals surface area contributed by atoms with Gasteiger partial charge in [0, 0.05) is 39.5 Å². The van der Waals surface area contributed by atoms with Crippen LogP contribution in [0, 0.1) is 0 Å². The van der Waals surface area contributed by atoms with Crippen LogP contribution >= 0.6 is 24.0 Å². The number of ether oxygens (including phenoxy) is 4. The number of furan rings is 1. The molecule has 3 heterocycles. The number of hydrogen-bond acceptors (Lipinski definition) is 6. The predicted octanol–water partition coefficient (Wildman–Crippen LogP) is 1.54. The normalized spacial score (nSPS) is 21.8. The van der Waals surface area contributed by atoms with Crippen LogP contribution < -0.4 is 10.6 Å². The first-order chi connectivity index (χ1) is 12.8. The molecule has 2 N–H and O–H groups in total. The first-order valence-corrected chi connectivity index (χ1v) is 9.23. The smallest absolute Gasteiger partial charge is 0.191 e. The van der Waals surface area contributed by atoms with Gasteiger partial charge in [0.25, 0.3) is 0 Å². The Morgan fingerprint density at radius 2 is 2.11 bits per heavy atom. The third-order valence-corrected chi connectivity index (χ3v) is 4.46. The van der Waals surface area contributed by atoms with Gasteiger partial charge in [0.15, 0.2) is 11.7 Å². The lowest BCUT2D eigenvalue weighted by Crippen LogP contribution is -2.41. The van der Waals surface area contributed by atoms with E-state index in [2.05, 4.69) is 15.6 Å². The Labute approximate surface area is 177 Å². The zero-order valence-electron chi connectivity index (χ0n) is 15.8. The molecule has 2 fully saturated rings. The van der Waals surface area contributed by atoms with E-state index in [9.17, 15) is 0 Å². The lowest BCUT2D eigenvalue weighted by Gasteiger charge is -2.31. The second-order valence-corrected chi connectivity index (χ2v) is 6.44. The molecule has 27 heavy (non-hydrogen) atoms. The van der Waals surface area contributed by atoms with Crippen LogP contribution in [0.1, 0.15) is 18.6 Å². The summed E-state index contributed by atoms with van der Waals surface area (Å²) >= 11 is 0. The highest BCUT2D eigenvalue weighted by atomic mass is 127. The fourth-order valence-electron chi connectivity index (χ4n) is 3.05. The monoisotopic (exact) mass is 495 g/mol. The van der Waals surface area contributed by atoms with E-state index in [4.69, 9.17) is 23.4 Å². The van der Waals surface area contributed by atoms with Crippen LogP contribution in [-0.4, -0.2) is 71.0 Å². The summed E-state index contributed by atoms with van der Waals surface area (Å²) in [5.74, 6) is 1.22. The average Bonchev–Trinajstić information content (AvgIpc) is 3.31. The van der Waals surface area contributed by atoms with Crippen molar-refractivity contribution >= 4 is 29.9 Å². The fourth-order valence-corrected chi connectivity index (χ4v) is 3.05. The number of aliphatic imine (C=N–C) groups is 1.